The first-order valence-electron chi connectivity index (χ1n) is 6.63. The van der Waals surface area contributed by atoms with Crippen molar-refractivity contribution < 1.29 is 13.2 Å². The predicted molar refractivity (Wildman–Crippen MR) is 70.3 cm³/mol. The Balaban J connectivity index is 2.11. The molecule has 19 heavy (non-hydrogen) atoms. The molecule has 2 nitrogen and oxygen atoms in total. The van der Waals surface area contributed by atoms with Gasteiger partial charge < -0.3 is 5.32 Å². The van der Waals surface area contributed by atoms with Gasteiger partial charge in [0.25, 0.3) is 0 Å². The van der Waals surface area contributed by atoms with Crippen LogP contribution in [-0.4, -0.2) is 30.7 Å². The van der Waals surface area contributed by atoms with E-state index in [4.69, 9.17) is 0 Å². The van der Waals surface area contributed by atoms with Crippen LogP contribution in [0.2, 0.25) is 0 Å². The molecule has 0 amide bonds. The van der Waals surface area contributed by atoms with Gasteiger partial charge in [-0.1, -0.05) is 25.1 Å². The second-order valence-corrected chi connectivity index (χ2v) is 4.95. The highest BCUT2D eigenvalue weighted by Crippen LogP contribution is 2.28. The Labute approximate surface area is 111 Å². The average Bonchev–Trinajstić information content (AvgIpc) is 2.76. The maximum absolute atomic E-state index is 12.5. The zero-order valence-corrected chi connectivity index (χ0v) is 11.1. The molecule has 5 heteroatoms. The third kappa shape index (κ3) is 3.86. The summed E-state index contributed by atoms with van der Waals surface area (Å²) in [6.07, 6.45) is -2.46. The highest BCUT2D eigenvalue weighted by Gasteiger charge is 2.30. The van der Waals surface area contributed by atoms with Crippen molar-refractivity contribution >= 4 is 5.69 Å². The molecule has 0 atom stereocenters. The van der Waals surface area contributed by atoms with E-state index in [1.54, 1.807) is 0 Å². The first-order chi connectivity index (χ1) is 8.99. The lowest BCUT2D eigenvalue weighted by Gasteiger charge is -2.24. The largest absolute Gasteiger partial charge is 0.401 e. The fourth-order valence-corrected chi connectivity index (χ4v) is 2.57. The highest BCUT2D eigenvalue weighted by atomic mass is 19.4. The SMILES string of the molecule is CCCN(Cc1cccc2c1NCC2)CC(F)(F)F. The van der Waals surface area contributed by atoms with Crippen LogP contribution in [0.15, 0.2) is 18.2 Å². The number of alkyl halides is 3. The van der Waals surface area contributed by atoms with E-state index in [9.17, 15) is 13.2 Å². The lowest BCUT2D eigenvalue weighted by Crippen LogP contribution is -2.34. The number of hydrogen-bond donors (Lipinski definition) is 1. The molecule has 1 N–H and O–H groups in total. The van der Waals surface area contributed by atoms with Gasteiger partial charge in [-0.25, -0.2) is 0 Å². The summed E-state index contributed by atoms with van der Waals surface area (Å²) in [5.41, 5.74) is 3.21. The first-order valence-corrected chi connectivity index (χ1v) is 6.63. The van der Waals surface area contributed by atoms with Gasteiger partial charge in [0, 0.05) is 18.8 Å². The molecular formula is C14H19F3N2. The van der Waals surface area contributed by atoms with Crippen molar-refractivity contribution in [1.82, 2.24) is 4.90 Å². The molecule has 0 spiro atoms. The Bertz CT molecular complexity index is 429. The summed E-state index contributed by atoms with van der Waals surface area (Å²) >= 11 is 0. The van der Waals surface area contributed by atoms with Gasteiger partial charge >= 0.3 is 6.18 Å². The van der Waals surface area contributed by atoms with Gasteiger partial charge in [-0.3, -0.25) is 4.90 Å². The summed E-state index contributed by atoms with van der Waals surface area (Å²) in [5, 5.41) is 3.27. The van der Waals surface area contributed by atoms with Crippen LogP contribution >= 0.6 is 0 Å². The maximum atomic E-state index is 12.5. The molecule has 0 bridgehead atoms. The van der Waals surface area contributed by atoms with E-state index in [1.165, 1.54) is 10.5 Å². The summed E-state index contributed by atoms with van der Waals surface area (Å²) in [6, 6.07) is 5.88. The summed E-state index contributed by atoms with van der Waals surface area (Å²) in [7, 11) is 0. The van der Waals surface area contributed by atoms with Crippen molar-refractivity contribution in [3.8, 4) is 0 Å². The number of fused-ring (bicyclic) bond motifs is 1. The smallest absolute Gasteiger partial charge is 0.384 e. The first kappa shape index (κ1) is 14.2. The van der Waals surface area contributed by atoms with Crippen LogP contribution in [0.25, 0.3) is 0 Å². The molecule has 1 aromatic rings. The molecule has 106 valence electrons. The molecule has 0 unspecified atom stereocenters. The van der Waals surface area contributed by atoms with Crippen molar-refractivity contribution in [2.75, 3.05) is 25.0 Å². The number of para-hydroxylation sites is 1. The van der Waals surface area contributed by atoms with E-state index < -0.39 is 12.7 Å². The normalized spacial score (nSPS) is 14.6. The van der Waals surface area contributed by atoms with Gasteiger partial charge in [0.2, 0.25) is 0 Å². The number of nitrogens with one attached hydrogen (secondary N) is 1. The molecule has 0 saturated heterocycles. The molecule has 0 aliphatic carbocycles. The van der Waals surface area contributed by atoms with Crippen LogP contribution in [0.5, 0.6) is 0 Å². The second kappa shape index (κ2) is 5.82. The fourth-order valence-electron chi connectivity index (χ4n) is 2.57. The number of halogens is 3. The summed E-state index contributed by atoms with van der Waals surface area (Å²) in [5.74, 6) is 0. The Morgan fingerprint density at radius 3 is 2.79 bits per heavy atom. The zero-order chi connectivity index (χ0) is 13.9. The van der Waals surface area contributed by atoms with Gasteiger partial charge in [-0.2, -0.15) is 13.2 Å². The highest BCUT2D eigenvalue weighted by molar-refractivity contribution is 5.61. The van der Waals surface area contributed by atoms with Gasteiger partial charge in [0.15, 0.2) is 0 Å². The Morgan fingerprint density at radius 2 is 2.11 bits per heavy atom. The van der Waals surface area contributed by atoms with Crippen LogP contribution in [0, 0.1) is 0 Å². The zero-order valence-electron chi connectivity index (χ0n) is 11.1. The number of anilines is 1. The molecular weight excluding hydrogens is 253 g/mol. The molecule has 1 aromatic carbocycles. The summed E-state index contributed by atoms with van der Waals surface area (Å²) in [4.78, 5) is 1.47. The molecule has 2 rings (SSSR count). The third-order valence-electron chi connectivity index (χ3n) is 3.27. The van der Waals surface area contributed by atoms with E-state index in [2.05, 4.69) is 5.32 Å². The quantitative estimate of drug-likeness (QED) is 0.883. The van der Waals surface area contributed by atoms with Crippen LogP contribution in [0.4, 0.5) is 18.9 Å². The number of nitrogens with zero attached hydrogens (tertiary/aromatic N) is 1. The van der Waals surface area contributed by atoms with E-state index in [0.29, 0.717) is 13.1 Å². The Kier molecular flexibility index (Phi) is 4.34. The molecule has 1 heterocycles. The fraction of sp³-hybridized carbons (Fsp3) is 0.571. The molecule has 0 fully saturated rings. The molecule has 0 aromatic heterocycles. The standard InChI is InChI=1S/C14H19F3N2/c1-2-8-19(10-14(15,16)17)9-12-5-3-4-11-6-7-18-13(11)12/h3-5,18H,2,6-10H2,1H3. The number of benzene rings is 1. The van der Waals surface area contributed by atoms with Gasteiger partial charge in [0.05, 0.1) is 6.54 Å². The van der Waals surface area contributed by atoms with E-state index >= 15 is 0 Å². The van der Waals surface area contributed by atoms with E-state index in [-0.39, 0.29) is 0 Å². The van der Waals surface area contributed by atoms with Crippen LogP contribution in [0.1, 0.15) is 24.5 Å². The van der Waals surface area contributed by atoms with Gasteiger partial charge in [0.1, 0.15) is 0 Å². The van der Waals surface area contributed by atoms with Gasteiger partial charge in [-0.15, -0.1) is 0 Å². The maximum Gasteiger partial charge on any atom is 0.401 e. The monoisotopic (exact) mass is 272 g/mol. The molecule has 1 aliphatic rings. The van der Waals surface area contributed by atoms with Crippen LogP contribution < -0.4 is 5.32 Å². The van der Waals surface area contributed by atoms with Crippen molar-refractivity contribution in [2.24, 2.45) is 0 Å². The second-order valence-electron chi connectivity index (χ2n) is 4.95. The average molecular weight is 272 g/mol. The van der Waals surface area contributed by atoms with Gasteiger partial charge in [-0.05, 0) is 30.5 Å². The Morgan fingerprint density at radius 1 is 1.32 bits per heavy atom. The molecule has 1 aliphatic heterocycles. The van der Waals surface area contributed by atoms with E-state index in [1.807, 2.05) is 25.1 Å². The number of rotatable bonds is 5. The van der Waals surface area contributed by atoms with Crippen molar-refractivity contribution in [1.29, 1.82) is 0 Å². The minimum Gasteiger partial charge on any atom is -0.384 e. The third-order valence-corrected chi connectivity index (χ3v) is 3.27. The van der Waals surface area contributed by atoms with E-state index in [0.717, 1.165) is 30.6 Å². The van der Waals surface area contributed by atoms with Crippen molar-refractivity contribution in [3.05, 3.63) is 29.3 Å². The minimum atomic E-state index is -4.14. The lowest BCUT2D eigenvalue weighted by molar-refractivity contribution is -0.147. The molecule has 0 radical (unpaired) electrons. The summed E-state index contributed by atoms with van der Waals surface area (Å²) in [6.45, 7) is 2.74. The Hall–Kier alpha value is -1.23. The van der Waals surface area contributed by atoms with Crippen LogP contribution in [-0.2, 0) is 13.0 Å². The number of hydrogen-bond acceptors (Lipinski definition) is 2. The van der Waals surface area contributed by atoms with Crippen molar-refractivity contribution in [3.63, 3.8) is 0 Å². The predicted octanol–water partition coefficient (Wildman–Crippen LogP) is 3.43. The molecule has 0 saturated carbocycles. The van der Waals surface area contributed by atoms with Crippen molar-refractivity contribution in [2.45, 2.75) is 32.5 Å². The lowest BCUT2D eigenvalue weighted by atomic mass is 10.1. The summed E-state index contributed by atoms with van der Waals surface area (Å²) < 4.78 is 37.6. The minimum absolute atomic E-state index is 0.351. The van der Waals surface area contributed by atoms with Crippen LogP contribution in [0.3, 0.4) is 0 Å². The topological polar surface area (TPSA) is 15.3 Å².